The zero-order valence-corrected chi connectivity index (χ0v) is 10.8. The minimum absolute atomic E-state index is 0.0914. The van der Waals surface area contributed by atoms with Crippen molar-refractivity contribution in [3.8, 4) is 0 Å². The second-order valence-electron chi connectivity index (χ2n) is 4.17. The second-order valence-corrected chi connectivity index (χ2v) is 4.17. The van der Waals surface area contributed by atoms with Crippen LogP contribution in [0.4, 0.5) is 5.82 Å². The van der Waals surface area contributed by atoms with E-state index in [4.69, 9.17) is 15.6 Å². The molecule has 2 heterocycles. The van der Waals surface area contributed by atoms with Crippen molar-refractivity contribution >= 4 is 17.7 Å². The Balaban J connectivity index is 2.71. The van der Waals surface area contributed by atoms with Crippen molar-refractivity contribution in [2.24, 2.45) is 0 Å². The van der Waals surface area contributed by atoms with Gasteiger partial charge in [0.2, 0.25) is 0 Å². The van der Waals surface area contributed by atoms with E-state index in [0.29, 0.717) is 22.6 Å². The molecule has 0 aliphatic heterocycles. The van der Waals surface area contributed by atoms with Gasteiger partial charge in [0, 0.05) is 37.5 Å². The zero-order valence-electron chi connectivity index (χ0n) is 10.8. The zero-order chi connectivity index (χ0) is 14.5. The number of nitrogens with one attached hydrogen (secondary N) is 2. The fourth-order valence-corrected chi connectivity index (χ4v) is 1.99. The fraction of sp³-hybridized carbons (Fsp3) is 0.308. The van der Waals surface area contributed by atoms with Crippen LogP contribution in [0.1, 0.15) is 11.1 Å². The summed E-state index contributed by atoms with van der Waals surface area (Å²) in [5.41, 5.74) is 0.968. The van der Waals surface area contributed by atoms with Crippen molar-refractivity contribution in [2.45, 2.75) is 6.42 Å². The summed E-state index contributed by atoms with van der Waals surface area (Å²) < 4.78 is 1.36. The molecule has 0 saturated heterocycles. The number of rotatable bonds is 6. The summed E-state index contributed by atoms with van der Waals surface area (Å²) in [5, 5.41) is 28.2. The molecule has 2 rings (SSSR count). The molecule has 0 aliphatic carbocycles. The molecule has 4 N–H and O–H groups in total. The minimum atomic E-state index is -0.284. The van der Waals surface area contributed by atoms with E-state index in [9.17, 15) is 4.79 Å². The first-order chi connectivity index (χ1) is 9.72. The Morgan fingerprint density at radius 3 is 2.85 bits per heavy atom. The Bertz CT molecular complexity index is 681. The lowest BCUT2D eigenvalue weighted by atomic mass is 10.2. The number of pyridine rings is 1. The highest BCUT2D eigenvalue weighted by atomic mass is 16.3. The Labute approximate surface area is 115 Å². The molecule has 7 nitrogen and oxygen atoms in total. The molecule has 0 radical (unpaired) electrons. The molecule has 0 saturated carbocycles. The molecular weight excluding hydrogens is 260 g/mol. The van der Waals surface area contributed by atoms with Crippen LogP contribution < -0.4 is 10.9 Å². The molecule has 0 atom stereocenters. The monoisotopic (exact) mass is 276 g/mol. The Hall–Kier alpha value is -2.25. The predicted molar refractivity (Wildman–Crippen MR) is 75.7 cm³/mol. The molecule has 2 aromatic heterocycles. The molecule has 0 spiro atoms. The third kappa shape index (κ3) is 2.54. The summed E-state index contributed by atoms with van der Waals surface area (Å²) in [5.74, 6) is 0.340. The normalized spacial score (nSPS) is 10.7. The quantitative estimate of drug-likeness (QED) is 0.538. The number of nitrogens with zero attached hydrogens (tertiary/aromatic N) is 2. The number of hydrogen-bond acceptors (Lipinski definition) is 6. The van der Waals surface area contributed by atoms with Crippen LogP contribution in [-0.2, 0) is 6.42 Å². The maximum absolute atomic E-state index is 12.4. The lowest BCUT2D eigenvalue weighted by molar-refractivity contribution is 0.299. The predicted octanol–water partition coefficient (Wildman–Crippen LogP) is -0.369. The summed E-state index contributed by atoms with van der Waals surface area (Å²) >= 11 is 0. The third-order valence-corrected chi connectivity index (χ3v) is 2.90. The average molecular weight is 276 g/mol. The molecule has 0 aromatic carbocycles. The first-order valence-corrected chi connectivity index (χ1v) is 6.23. The van der Waals surface area contributed by atoms with Gasteiger partial charge in [0.1, 0.15) is 5.82 Å². The standard InChI is InChI=1S/C13H16N4O3/c14-8-9-2-1-5-17-12(9)16-11(15-4-7-19)10(3-6-18)13(17)20/h1-2,5,8,14-15,18-19H,3-4,6-7H2. The molecular formula is C13H16N4O3. The van der Waals surface area contributed by atoms with Gasteiger partial charge < -0.3 is 20.9 Å². The summed E-state index contributed by atoms with van der Waals surface area (Å²) in [6, 6.07) is 3.36. The van der Waals surface area contributed by atoms with E-state index in [2.05, 4.69) is 10.3 Å². The van der Waals surface area contributed by atoms with Crippen molar-refractivity contribution in [2.75, 3.05) is 25.1 Å². The molecule has 0 amide bonds. The van der Waals surface area contributed by atoms with Crippen LogP contribution in [-0.4, -0.2) is 45.6 Å². The van der Waals surface area contributed by atoms with Crippen LogP contribution in [0.15, 0.2) is 23.1 Å². The highest BCUT2D eigenvalue weighted by molar-refractivity contribution is 5.86. The molecule has 0 unspecified atom stereocenters. The maximum Gasteiger partial charge on any atom is 0.263 e. The van der Waals surface area contributed by atoms with Crippen LogP contribution >= 0.6 is 0 Å². The van der Waals surface area contributed by atoms with Crippen molar-refractivity contribution < 1.29 is 10.2 Å². The van der Waals surface area contributed by atoms with Crippen LogP contribution in [0, 0.1) is 5.41 Å². The number of anilines is 1. The van der Waals surface area contributed by atoms with Crippen molar-refractivity contribution in [1.82, 2.24) is 9.38 Å². The smallest absolute Gasteiger partial charge is 0.263 e. The van der Waals surface area contributed by atoms with E-state index in [1.54, 1.807) is 18.3 Å². The molecule has 106 valence electrons. The molecule has 2 aromatic rings. The summed E-state index contributed by atoms with van der Waals surface area (Å²) in [6.45, 7) is 0.000676. The first-order valence-electron chi connectivity index (χ1n) is 6.23. The topological polar surface area (TPSA) is 111 Å². The van der Waals surface area contributed by atoms with E-state index in [1.165, 1.54) is 4.40 Å². The van der Waals surface area contributed by atoms with Crippen molar-refractivity contribution in [3.05, 3.63) is 39.8 Å². The summed E-state index contributed by atoms with van der Waals surface area (Å²) in [6.07, 6.45) is 2.88. The number of hydrogen-bond donors (Lipinski definition) is 4. The number of fused-ring (bicyclic) bond motifs is 1. The van der Waals surface area contributed by atoms with Crippen LogP contribution in [0.3, 0.4) is 0 Å². The minimum Gasteiger partial charge on any atom is -0.396 e. The van der Waals surface area contributed by atoms with Gasteiger partial charge >= 0.3 is 0 Å². The van der Waals surface area contributed by atoms with Gasteiger partial charge in [-0.3, -0.25) is 9.20 Å². The largest absolute Gasteiger partial charge is 0.396 e. The third-order valence-electron chi connectivity index (χ3n) is 2.90. The summed E-state index contributed by atoms with van der Waals surface area (Å²) in [7, 11) is 0. The van der Waals surface area contributed by atoms with Crippen LogP contribution in [0.2, 0.25) is 0 Å². The fourth-order valence-electron chi connectivity index (χ4n) is 1.99. The number of aliphatic hydroxyl groups excluding tert-OH is 2. The van der Waals surface area contributed by atoms with Gasteiger partial charge in [-0.2, -0.15) is 0 Å². The Morgan fingerprint density at radius 2 is 2.20 bits per heavy atom. The molecule has 0 fully saturated rings. The highest BCUT2D eigenvalue weighted by Gasteiger charge is 2.13. The van der Waals surface area contributed by atoms with Gasteiger partial charge in [-0.05, 0) is 12.1 Å². The first kappa shape index (κ1) is 14.2. The van der Waals surface area contributed by atoms with Gasteiger partial charge in [-0.1, -0.05) is 0 Å². The Kier molecular flexibility index (Phi) is 4.44. The van der Waals surface area contributed by atoms with E-state index in [0.717, 1.165) is 6.21 Å². The molecule has 20 heavy (non-hydrogen) atoms. The van der Waals surface area contributed by atoms with Crippen molar-refractivity contribution in [1.29, 1.82) is 5.41 Å². The average Bonchev–Trinajstić information content (AvgIpc) is 2.48. The van der Waals surface area contributed by atoms with Gasteiger partial charge in [-0.25, -0.2) is 4.98 Å². The molecule has 0 aliphatic rings. The van der Waals surface area contributed by atoms with Crippen LogP contribution in [0.5, 0.6) is 0 Å². The lowest BCUT2D eigenvalue weighted by Crippen LogP contribution is -2.24. The van der Waals surface area contributed by atoms with Crippen LogP contribution in [0.25, 0.3) is 5.65 Å². The second kappa shape index (κ2) is 6.27. The van der Waals surface area contributed by atoms with Gasteiger partial charge in [0.25, 0.3) is 5.56 Å². The van der Waals surface area contributed by atoms with Gasteiger partial charge in [-0.15, -0.1) is 0 Å². The van der Waals surface area contributed by atoms with Gasteiger partial charge in [0.05, 0.1) is 12.2 Å². The molecule has 0 bridgehead atoms. The Morgan fingerprint density at radius 1 is 1.40 bits per heavy atom. The maximum atomic E-state index is 12.4. The van der Waals surface area contributed by atoms with Crippen molar-refractivity contribution in [3.63, 3.8) is 0 Å². The molecule has 7 heteroatoms. The lowest BCUT2D eigenvalue weighted by Gasteiger charge is -2.12. The van der Waals surface area contributed by atoms with E-state index in [1.807, 2.05) is 0 Å². The van der Waals surface area contributed by atoms with E-state index in [-0.39, 0.29) is 31.7 Å². The SMILES string of the molecule is N=Cc1cccn2c(=O)c(CCO)c(NCCO)nc12. The number of aliphatic hydroxyl groups is 2. The van der Waals surface area contributed by atoms with Gasteiger partial charge in [0.15, 0.2) is 5.65 Å². The van der Waals surface area contributed by atoms with E-state index >= 15 is 0 Å². The highest BCUT2D eigenvalue weighted by Crippen LogP contribution is 2.13. The number of aromatic nitrogens is 2. The van der Waals surface area contributed by atoms with E-state index < -0.39 is 0 Å². The summed E-state index contributed by atoms with van der Waals surface area (Å²) in [4.78, 5) is 16.7.